The van der Waals surface area contributed by atoms with Gasteiger partial charge in [0.15, 0.2) is 5.82 Å². The Hall–Kier alpha value is -1.44. The molecule has 0 saturated carbocycles. The van der Waals surface area contributed by atoms with Crippen molar-refractivity contribution in [1.29, 1.82) is 0 Å². The van der Waals surface area contributed by atoms with Crippen LogP contribution in [-0.2, 0) is 5.41 Å². The quantitative estimate of drug-likeness (QED) is 0.559. The number of pyridine rings is 1. The van der Waals surface area contributed by atoms with Crippen LogP contribution in [0.1, 0.15) is 29.1 Å². The van der Waals surface area contributed by atoms with Gasteiger partial charge in [-0.25, -0.2) is 10.8 Å². The summed E-state index contributed by atoms with van der Waals surface area (Å²) in [6, 6.07) is 5.78. The number of aromatic nitrogens is 1. The Morgan fingerprint density at radius 2 is 2.29 bits per heavy atom. The first-order chi connectivity index (χ1) is 9.94. The Morgan fingerprint density at radius 3 is 2.90 bits per heavy atom. The third-order valence-electron chi connectivity index (χ3n) is 3.11. The lowest BCUT2D eigenvalue weighted by Crippen LogP contribution is -2.36. The molecule has 0 aromatic carbocycles. The van der Waals surface area contributed by atoms with Gasteiger partial charge in [0.05, 0.1) is 5.56 Å². The lowest BCUT2D eigenvalue weighted by molar-refractivity contribution is 0.0946. The summed E-state index contributed by atoms with van der Waals surface area (Å²) in [5.41, 5.74) is 2.72. The molecule has 2 aromatic heterocycles. The van der Waals surface area contributed by atoms with Gasteiger partial charge in [0.2, 0.25) is 0 Å². The maximum atomic E-state index is 12.3. The number of nitrogens with one attached hydrogen (secondary N) is 2. The highest BCUT2D eigenvalue weighted by Gasteiger charge is 2.23. The molecular weight excluding hydrogens is 352 g/mol. The Balaban J connectivity index is 2.10. The zero-order valence-corrected chi connectivity index (χ0v) is 14.2. The van der Waals surface area contributed by atoms with Crippen molar-refractivity contribution in [3.63, 3.8) is 0 Å². The standard InChI is InChI=1S/C14H17BrN4OS/c1-14(2,11-4-3-5-21-11)8-18-13(20)10-6-9(15)7-17-12(10)19-16/h3-7H,8,16H2,1-2H3,(H,17,19)(H,18,20). The number of carbonyl (C=O) groups is 1. The number of halogens is 1. The van der Waals surface area contributed by atoms with Crippen molar-refractivity contribution in [1.82, 2.24) is 10.3 Å². The summed E-state index contributed by atoms with van der Waals surface area (Å²) < 4.78 is 0.726. The minimum atomic E-state index is -0.207. The molecule has 0 spiro atoms. The lowest BCUT2D eigenvalue weighted by Gasteiger charge is -2.23. The van der Waals surface area contributed by atoms with Gasteiger partial charge in [-0.1, -0.05) is 19.9 Å². The molecule has 4 N–H and O–H groups in total. The zero-order chi connectivity index (χ0) is 15.5. The smallest absolute Gasteiger partial charge is 0.255 e. The molecule has 0 aliphatic rings. The number of hydrazine groups is 1. The maximum absolute atomic E-state index is 12.3. The van der Waals surface area contributed by atoms with Gasteiger partial charge in [0.25, 0.3) is 5.91 Å². The van der Waals surface area contributed by atoms with E-state index in [4.69, 9.17) is 5.84 Å². The molecule has 0 bridgehead atoms. The first kappa shape index (κ1) is 15.9. The van der Waals surface area contributed by atoms with Gasteiger partial charge in [-0.2, -0.15) is 0 Å². The molecule has 0 radical (unpaired) electrons. The van der Waals surface area contributed by atoms with Gasteiger partial charge in [-0.15, -0.1) is 11.3 Å². The fourth-order valence-electron chi connectivity index (χ4n) is 1.87. The Bertz CT molecular complexity index is 628. The van der Waals surface area contributed by atoms with Crippen LogP contribution in [0.15, 0.2) is 34.2 Å². The van der Waals surface area contributed by atoms with Gasteiger partial charge in [0, 0.05) is 27.5 Å². The monoisotopic (exact) mass is 368 g/mol. The van der Waals surface area contributed by atoms with Gasteiger partial charge < -0.3 is 10.7 Å². The van der Waals surface area contributed by atoms with Crippen molar-refractivity contribution >= 4 is 39.0 Å². The van der Waals surface area contributed by atoms with Crippen molar-refractivity contribution in [3.05, 3.63) is 44.7 Å². The van der Waals surface area contributed by atoms with Crippen LogP contribution < -0.4 is 16.6 Å². The second-order valence-corrected chi connectivity index (χ2v) is 7.10. The second kappa shape index (κ2) is 6.55. The minimum Gasteiger partial charge on any atom is -0.351 e. The molecule has 0 saturated heterocycles. The molecular formula is C14H17BrN4OS. The number of anilines is 1. The van der Waals surface area contributed by atoms with E-state index < -0.39 is 0 Å². The number of nitrogens with zero attached hydrogens (tertiary/aromatic N) is 1. The summed E-state index contributed by atoms with van der Waals surface area (Å²) in [4.78, 5) is 17.6. The lowest BCUT2D eigenvalue weighted by atomic mass is 9.91. The fraction of sp³-hybridized carbons (Fsp3) is 0.286. The predicted molar refractivity (Wildman–Crippen MR) is 89.4 cm³/mol. The van der Waals surface area contributed by atoms with Crippen LogP contribution in [0.2, 0.25) is 0 Å². The summed E-state index contributed by atoms with van der Waals surface area (Å²) in [5.74, 6) is 5.54. The van der Waals surface area contributed by atoms with Crippen molar-refractivity contribution < 1.29 is 4.79 Å². The van der Waals surface area contributed by atoms with E-state index in [1.807, 2.05) is 11.4 Å². The van der Waals surface area contributed by atoms with E-state index in [2.05, 4.69) is 51.6 Å². The van der Waals surface area contributed by atoms with Gasteiger partial charge >= 0.3 is 0 Å². The van der Waals surface area contributed by atoms with Crippen molar-refractivity contribution in [2.24, 2.45) is 5.84 Å². The largest absolute Gasteiger partial charge is 0.351 e. The molecule has 7 heteroatoms. The maximum Gasteiger partial charge on any atom is 0.255 e. The molecule has 21 heavy (non-hydrogen) atoms. The van der Waals surface area contributed by atoms with Crippen molar-refractivity contribution in [2.75, 3.05) is 12.0 Å². The van der Waals surface area contributed by atoms with Crippen LogP contribution in [0, 0.1) is 0 Å². The van der Waals surface area contributed by atoms with E-state index in [-0.39, 0.29) is 11.3 Å². The molecule has 2 heterocycles. The highest BCUT2D eigenvalue weighted by atomic mass is 79.9. The summed E-state index contributed by atoms with van der Waals surface area (Å²) >= 11 is 4.99. The van der Waals surface area contributed by atoms with Crippen LogP contribution in [0.3, 0.4) is 0 Å². The molecule has 2 rings (SSSR count). The minimum absolute atomic E-state index is 0.125. The number of hydrogen-bond acceptors (Lipinski definition) is 5. The molecule has 0 aliphatic carbocycles. The van der Waals surface area contributed by atoms with Crippen LogP contribution in [0.4, 0.5) is 5.82 Å². The van der Waals surface area contributed by atoms with E-state index in [0.717, 1.165) is 4.47 Å². The number of amides is 1. The molecule has 0 atom stereocenters. The SMILES string of the molecule is CC(C)(CNC(=O)c1cc(Br)cnc1NN)c1cccs1. The number of carbonyl (C=O) groups excluding carboxylic acids is 1. The number of rotatable bonds is 5. The van der Waals surface area contributed by atoms with Gasteiger partial charge in [-0.3, -0.25) is 4.79 Å². The normalized spacial score (nSPS) is 11.2. The van der Waals surface area contributed by atoms with E-state index in [1.165, 1.54) is 4.88 Å². The van der Waals surface area contributed by atoms with Crippen LogP contribution >= 0.6 is 27.3 Å². The Labute approximate surface area is 136 Å². The summed E-state index contributed by atoms with van der Waals surface area (Å²) in [6.07, 6.45) is 1.58. The summed E-state index contributed by atoms with van der Waals surface area (Å²) in [5, 5.41) is 4.98. The Morgan fingerprint density at radius 1 is 1.52 bits per heavy atom. The second-order valence-electron chi connectivity index (χ2n) is 5.24. The molecule has 112 valence electrons. The third kappa shape index (κ3) is 3.81. The van der Waals surface area contributed by atoms with E-state index in [9.17, 15) is 4.79 Å². The highest BCUT2D eigenvalue weighted by Crippen LogP contribution is 2.27. The predicted octanol–water partition coefficient (Wildman–Crippen LogP) is 2.90. The van der Waals surface area contributed by atoms with Crippen LogP contribution in [0.25, 0.3) is 0 Å². The molecule has 1 amide bonds. The van der Waals surface area contributed by atoms with Crippen LogP contribution in [0.5, 0.6) is 0 Å². The first-order valence-corrected chi connectivity index (χ1v) is 8.05. The van der Waals surface area contributed by atoms with Gasteiger partial charge in [0.1, 0.15) is 0 Å². The summed E-state index contributed by atoms with van der Waals surface area (Å²) in [7, 11) is 0. The molecule has 0 unspecified atom stereocenters. The van der Waals surface area contributed by atoms with Gasteiger partial charge in [-0.05, 0) is 33.4 Å². The molecule has 5 nitrogen and oxygen atoms in total. The van der Waals surface area contributed by atoms with Crippen LogP contribution in [-0.4, -0.2) is 17.4 Å². The van der Waals surface area contributed by atoms with Crippen molar-refractivity contribution in [2.45, 2.75) is 19.3 Å². The van der Waals surface area contributed by atoms with Crippen molar-refractivity contribution in [3.8, 4) is 0 Å². The summed E-state index contributed by atoms with van der Waals surface area (Å²) in [6.45, 7) is 4.73. The highest BCUT2D eigenvalue weighted by molar-refractivity contribution is 9.10. The third-order valence-corrected chi connectivity index (χ3v) is 4.78. The van der Waals surface area contributed by atoms with E-state index >= 15 is 0 Å². The average Bonchev–Trinajstić information content (AvgIpc) is 3.00. The number of nitrogens with two attached hydrogens (primary N) is 1. The molecule has 0 aliphatic heterocycles. The average molecular weight is 369 g/mol. The molecule has 2 aromatic rings. The number of thiophene rings is 1. The number of nitrogen functional groups attached to an aromatic ring is 1. The van der Waals surface area contributed by atoms with E-state index in [1.54, 1.807) is 23.6 Å². The Kier molecular flexibility index (Phi) is 4.97. The topological polar surface area (TPSA) is 80.0 Å². The molecule has 0 fully saturated rings. The first-order valence-electron chi connectivity index (χ1n) is 6.38. The number of hydrogen-bond donors (Lipinski definition) is 3. The van der Waals surface area contributed by atoms with E-state index in [0.29, 0.717) is 17.9 Å². The zero-order valence-electron chi connectivity index (χ0n) is 11.8. The fourth-order valence-corrected chi connectivity index (χ4v) is 3.06.